The number of fused-ring (bicyclic) bond motifs is 1. The van der Waals surface area contributed by atoms with Gasteiger partial charge in [-0.1, -0.05) is 65.3 Å². The molecule has 6 rings (SSSR count). The predicted octanol–water partition coefficient (Wildman–Crippen LogP) is 3.92. The number of carbonyl (C=O) groups excluding carboxylic acids is 1. The fraction of sp³-hybridized carbons (Fsp3) is 0.241. The quantitative estimate of drug-likeness (QED) is 0.406. The van der Waals surface area contributed by atoms with E-state index in [1.807, 2.05) is 28.0 Å². The molecule has 3 aromatic carbocycles. The minimum absolute atomic E-state index is 0.00878. The summed E-state index contributed by atoms with van der Waals surface area (Å²) in [6, 6.07) is 24.7. The zero-order chi connectivity index (χ0) is 26.1. The van der Waals surface area contributed by atoms with Crippen molar-refractivity contribution < 1.29 is 9.18 Å². The molecular weight excluding hydrogens is 481 g/mol. The fourth-order valence-corrected chi connectivity index (χ4v) is 5.09. The number of carbonyl (C=O) groups is 1. The highest BCUT2D eigenvalue weighted by Gasteiger charge is 2.33. The average molecular weight is 510 g/mol. The number of benzene rings is 3. The van der Waals surface area contributed by atoms with E-state index < -0.39 is 0 Å². The molecule has 9 heteroatoms. The molecule has 1 fully saturated rings. The number of nitrogens with zero attached hydrogens (tertiary/aromatic N) is 7. The van der Waals surface area contributed by atoms with Gasteiger partial charge in [0.15, 0.2) is 0 Å². The number of allylic oxidation sites excluding steroid dienone is 1. The SMILES string of the molecule is Cc1ccc(C2=CC(c3ccccc3)n3nnnc3N2CC(=O)N2CCN(c3ccc(F)cc3)CC2)cc1. The summed E-state index contributed by atoms with van der Waals surface area (Å²) in [4.78, 5) is 19.5. The maximum atomic E-state index is 13.6. The highest BCUT2D eigenvalue weighted by Crippen LogP contribution is 2.36. The Balaban J connectivity index is 1.26. The molecule has 3 heterocycles. The summed E-state index contributed by atoms with van der Waals surface area (Å²) in [6.07, 6.45) is 2.13. The highest BCUT2D eigenvalue weighted by atomic mass is 19.1. The Morgan fingerprint density at radius 3 is 2.34 bits per heavy atom. The second-order valence-corrected chi connectivity index (χ2v) is 9.63. The normalized spacial score (nSPS) is 17.3. The molecule has 0 radical (unpaired) electrons. The smallest absolute Gasteiger partial charge is 0.251 e. The van der Waals surface area contributed by atoms with Crippen LogP contribution >= 0.6 is 0 Å². The lowest BCUT2D eigenvalue weighted by atomic mass is 10.00. The topological polar surface area (TPSA) is 70.4 Å². The molecule has 1 saturated heterocycles. The molecular formula is C29H28FN7O. The second-order valence-electron chi connectivity index (χ2n) is 9.63. The van der Waals surface area contributed by atoms with Crippen molar-refractivity contribution in [1.82, 2.24) is 25.1 Å². The fourth-order valence-electron chi connectivity index (χ4n) is 5.09. The summed E-state index contributed by atoms with van der Waals surface area (Å²) in [7, 11) is 0. The first-order valence-corrected chi connectivity index (χ1v) is 12.7. The van der Waals surface area contributed by atoms with Crippen molar-refractivity contribution in [3.8, 4) is 0 Å². The van der Waals surface area contributed by atoms with Crippen LogP contribution < -0.4 is 9.80 Å². The van der Waals surface area contributed by atoms with E-state index in [-0.39, 0.29) is 24.3 Å². The monoisotopic (exact) mass is 509 g/mol. The molecule has 8 nitrogen and oxygen atoms in total. The van der Waals surface area contributed by atoms with Crippen LogP contribution in [0, 0.1) is 12.7 Å². The summed E-state index contributed by atoms with van der Waals surface area (Å²) < 4.78 is 15.1. The number of rotatable bonds is 5. The van der Waals surface area contributed by atoms with E-state index in [2.05, 4.69) is 69.8 Å². The van der Waals surface area contributed by atoms with Crippen molar-refractivity contribution in [2.75, 3.05) is 42.5 Å². The van der Waals surface area contributed by atoms with Gasteiger partial charge in [0.2, 0.25) is 5.91 Å². The van der Waals surface area contributed by atoms with Crippen molar-refractivity contribution in [2.24, 2.45) is 0 Å². The zero-order valence-electron chi connectivity index (χ0n) is 21.1. The molecule has 1 aromatic heterocycles. The zero-order valence-corrected chi connectivity index (χ0v) is 21.1. The van der Waals surface area contributed by atoms with Crippen LogP contribution in [0.3, 0.4) is 0 Å². The number of hydrogen-bond acceptors (Lipinski definition) is 6. The molecule has 4 aromatic rings. The first-order valence-electron chi connectivity index (χ1n) is 12.7. The Kier molecular flexibility index (Phi) is 6.33. The Morgan fingerprint density at radius 2 is 1.63 bits per heavy atom. The third kappa shape index (κ3) is 4.63. The number of aryl methyl sites for hydroxylation is 1. The summed E-state index contributed by atoms with van der Waals surface area (Å²) in [5.74, 6) is 0.295. The van der Waals surface area contributed by atoms with Crippen molar-refractivity contribution in [1.29, 1.82) is 0 Å². The van der Waals surface area contributed by atoms with Crippen LogP contribution in [0.25, 0.3) is 5.70 Å². The molecule has 2 aliphatic rings. The average Bonchev–Trinajstić information content (AvgIpc) is 3.45. The van der Waals surface area contributed by atoms with Gasteiger partial charge in [-0.05, 0) is 58.8 Å². The number of anilines is 2. The van der Waals surface area contributed by atoms with Gasteiger partial charge < -0.3 is 9.80 Å². The van der Waals surface area contributed by atoms with E-state index in [4.69, 9.17) is 0 Å². The number of hydrogen-bond donors (Lipinski definition) is 0. The van der Waals surface area contributed by atoms with Gasteiger partial charge in [-0.15, -0.1) is 0 Å². The molecule has 1 atom stereocenters. The number of amides is 1. The van der Waals surface area contributed by atoms with Gasteiger partial charge in [0.05, 0.1) is 5.70 Å². The predicted molar refractivity (Wildman–Crippen MR) is 144 cm³/mol. The van der Waals surface area contributed by atoms with Gasteiger partial charge >= 0.3 is 0 Å². The number of halogens is 1. The summed E-state index contributed by atoms with van der Waals surface area (Å²) in [6.45, 7) is 4.73. The van der Waals surface area contributed by atoms with Crippen molar-refractivity contribution in [3.05, 3.63) is 107 Å². The molecule has 192 valence electrons. The van der Waals surface area contributed by atoms with E-state index in [1.165, 1.54) is 12.1 Å². The van der Waals surface area contributed by atoms with E-state index in [9.17, 15) is 9.18 Å². The number of tetrazole rings is 1. The Labute approximate surface area is 220 Å². The highest BCUT2D eigenvalue weighted by molar-refractivity contribution is 5.89. The lowest BCUT2D eigenvalue weighted by molar-refractivity contribution is -0.129. The summed E-state index contributed by atoms with van der Waals surface area (Å²) >= 11 is 0. The lowest BCUT2D eigenvalue weighted by Crippen LogP contribution is -2.51. The Bertz CT molecular complexity index is 1440. The van der Waals surface area contributed by atoms with Gasteiger partial charge in [-0.3, -0.25) is 9.69 Å². The Morgan fingerprint density at radius 1 is 0.921 bits per heavy atom. The van der Waals surface area contributed by atoms with Crippen LogP contribution in [-0.4, -0.2) is 63.7 Å². The van der Waals surface area contributed by atoms with Crippen LogP contribution in [0.4, 0.5) is 16.0 Å². The molecule has 0 aliphatic carbocycles. The molecule has 1 unspecified atom stereocenters. The summed E-state index contributed by atoms with van der Waals surface area (Å²) in [5.41, 5.74) is 5.09. The maximum Gasteiger partial charge on any atom is 0.251 e. The van der Waals surface area contributed by atoms with Crippen molar-refractivity contribution >= 4 is 23.2 Å². The lowest BCUT2D eigenvalue weighted by Gasteiger charge is -2.38. The second kappa shape index (κ2) is 10.1. The molecule has 0 spiro atoms. The van der Waals surface area contributed by atoms with Crippen LogP contribution in [-0.2, 0) is 4.79 Å². The third-order valence-electron chi connectivity index (χ3n) is 7.19. The number of aromatic nitrogens is 4. The van der Waals surface area contributed by atoms with Crippen LogP contribution in [0.2, 0.25) is 0 Å². The van der Waals surface area contributed by atoms with Crippen molar-refractivity contribution in [3.63, 3.8) is 0 Å². The third-order valence-corrected chi connectivity index (χ3v) is 7.19. The minimum atomic E-state index is -0.252. The maximum absolute atomic E-state index is 13.6. The standard InChI is InChI=1S/C29H28FN7O/c1-21-7-9-23(10-8-21)26-19-27(22-5-3-2-4-6-22)37-29(31-32-33-37)36(26)20-28(38)35-17-15-34(16-18-35)25-13-11-24(30)12-14-25/h2-14,19,27H,15-18,20H2,1H3. The molecule has 0 N–H and O–H groups in total. The number of piperazine rings is 1. The van der Waals surface area contributed by atoms with E-state index in [1.54, 1.807) is 16.8 Å². The first kappa shape index (κ1) is 23.8. The molecule has 1 amide bonds. The van der Waals surface area contributed by atoms with Crippen LogP contribution in [0.1, 0.15) is 22.7 Å². The van der Waals surface area contributed by atoms with Gasteiger partial charge in [0.1, 0.15) is 18.4 Å². The molecule has 2 aliphatic heterocycles. The van der Waals surface area contributed by atoms with E-state index >= 15 is 0 Å². The molecule has 38 heavy (non-hydrogen) atoms. The molecule has 0 bridgehead atoms. The van der Waals surface area contributed by atoms with Crippen molar-refractivity contribution in [2.45, 2.75) is 13.0 Å². The van der Waals surface area contributed by atoms with Gasteiger partial charge in [0.25, 0.3) is 5.95 Å². The minimum Gasteiger partial charge on any atom is -0.368 e. The largest absolute Gasteiger partial charge is 0.368 e. The van der Waals surface area contributed by atoms with Gasteiger partial charge in [0, 0.05) is 31.9 Å². The van der Waals surface area contributed by atoms with E-state index in [0.717, 1.165) is 28.1 Å². The van der Waals surface area contributed by atoms with Crippen LogP contribution in [0.15, 0.2) is 84.9 Å². The van der Waals surface area contributed by atoms with Crippen LogP contribution in [0.5, 0.6) is 0 Å². The van der Waals surface area contributed by atoms with Gasteiger partial charge in [-0.2, -0.15) is 4.68 Å². The molecule has 0 saturated carbocycles. The van der Waals surface area contributed by atoms with E-state index in [0.29, 0.717) is 32.1 Å². The first-order chi connectivity index (χ1) is 18.6. The summed E-state index contributed by atoms with van der Waals surface area (Å²) in [5, 5.41) is 12.6. The Hall–Kier alpha value is -4.53. The van der Waals surface area contributed by atoms with Gasteiger partial charge in [-0.25, -0.2) is 4.39 Å².